The number of anilines is 2. The molecule has 2 aromatic rings. The van der Waals surface area contributed by atoms with E-state index in [4.69, 9.17) is 5.73 Å². The van der Waals surface area contributed by atoms with Crippen molar-refractivity contribution in [3.8, 4) is 0 Å². The Bertz CT molecular complexity index is 511. The van der Waals surface area contributed by atoms with Gasteiger partial charge in [-0.1, -0.05) is 0 Å². The van der Waals surface area contributed by atoms with Crippen molar-refractivity contribution in [3.63, 3.8) is 0 Å². The second-order valence-corrected chi connectivity index (χ2v) is 3.05. The third kappa shape index (κ3) is 1.97. The molecule has 0 aliphatic carbocycles. The van der Waals surface area contributed by atoms with Crippen LogP contribution in [0.2, 0.25) is 0 Å². The summed E-state index contributed by atoms with van der Waals surface area (Å²) >= 11 is 0. The van der Waals surface area contributed by atoms with Gasteiger partial charge in [-0.15, -0.1) is 0 Å². The summed E-state index contributed by atoms with van der Waals surface area (Å²) in [7, 11) is 0. The fourth-order valence-corrected chi connectivity index (χ4v) is 1.13. The van der Waals surface area contributed by atoms with Crippen LogP contribution in [0.25, 0.3) is 0 Å². The molecule has 0 aliphatic heterocycles. The summed E-state index contributed by atoms with van der Waals surface area (Å²) in [6.07, 6.45) is 1.24. The molecular formula is C9H8FN5O. The second kappa shape index (κ2) is 3.97. The van der Waals surface area contributed by atoms with E-state index in [-0.39, 0.29) is 17.1 Å². The van der Waals surface area contributed by atoms with Crippen LogP contribution in [0, 0.1) is 5.82 Å². The molecular weight excluding hydrogens is 213 g/mol. The molecule has 0 radical (unpaired) electrons. The molecule has 0 saturated heterocycles. The molecule has 1 aromatic heterocycles. The molecule has 0 bridgehead atoms. The first-order chi connectivity index (χ1) is 7.66. The van der Waals surface area contributed by atoms with Crippen LogP contribution in [0.15, 0.2) is 24.4 Å². The summed E-state index contributed by atoms with van der Waals surface area (Å²) in [5.41, 5.74) is 5.79. The van der Waals surface area contributed by atoms with Crippen LogP contribution in [-0.2, 0) is 0 Å². The summed E-state index contributed by atoms with van der Waals surface area (Å²) < 4.78 is 13.3. The predicted molar refractivity (Wildman–Crippen MR) is 55.1 cm³/mol. The zero-order chi connectivity index (χ0) is 11.5. The Morgan fingerprint density at radius 1 is 1.50 bits per heavy atom. The molecule has 82 valence electrons. The lowest BCUT2D eigenvalue weighted by molar-refractivity contribution is 0.102. The minimum atomic E-state index is -0.600. The van der Waals surface area contributed by atoms with E-state index in [0.29, 0.717) is 0 Å². The number of benzene rings is 1. The molecule has 1 amide bonds. The standard InChI is InChI=1S/C9H8FN5O/c10-6-3-5(11)1-2-7(6)13-9(16)8-4-12-15-14-8/h1-4H,11H2,(H,13,16)(H,12,14,15). The lowest BCUT2D eigenvalue weighted by atomic mass is 10.2. The van der Waals surface area contributed by atoms with Crippen molar-refractivity contribution in [3.05, 3.63) is 35.9 Å². The largest absolute Gasteiger partial charge is 0.399 e. The van der Waals surface area contributed by atoms with Gasteiger partial charge >= 0.3 is 0 Å². The van der Waals surface area contributed by atoms with E-state index in [1.54, 1.807) is 0 Å². The molecule has 4 N–H and O–H groups in total. The summed E-state index contributed by atoms with van der Waals surface area (Å²) in [5.74, 6) is -1.14. The van der Waals surface area contributed by atoms with Gasteiger partial charge in [0, 0.05) is 5.69 Å². The highest BCUT2D eigenvalue weighted by atomic mass is 19.1. The summed E-state index contributed by atoms with van der Waals surface area (Å²) in [6.45, 7) is 0. The Hall–Kier alpha value is -2.44. The number of nitrogens with two attached hydrogens (primary N) is 1. The number of aromatic nitrogens is 3. The third-order valence-corrected chi connectivity index (χ3v) is 1.89. The van der Waals surface area contributed by atoms with Gasteiger partial charge in [-0.3, -0.25) is 4.79 Å². The molecule has 1 heterocycles. The molecule has 0 unspecified atom stereocenters. The topological polar surface area (TPSA) is 96.7 Å². The molecule has 16 heavy (non-hydrogen) atoms. The highest BCUT2D eigenvalue weighted by molar-refractivity contribution is 6.02. The lowest BCUT2D eigenvalue weighted by Crippen LogP contribution is -2.13. The maximum absolute atomic E-state index is 13.3. The Balaban J connectivity index is 2.18. The molecule has 0 spiro atoms. The van der Waals surface area contributed by atoms with E-state index in [2.05, 4.69) is 20.7 Å². The summed E-state index contributed by atoms with van der Waals surface area (Å²) in [6, 6.07) is 3.99. The van der Waals surface area contributed by atoms with Crippen LogP contribution in [0.5, 0.6) is 0 Å². The maximum Gasteiger partial charge on any atom is 0.277 e. The zero-order valence-corrected chi connectivity index (χ0v) is 8.07. The Morgan fingerprint density at radius 3 is 2.94 bits per heavy atom. The van der Waals surface area contributed by atoms with Crippen LogP contribution in [-0.4, -0.2) is 21.3 Å². The van der Waals surface area contributed by atoms with Crippen LogP contribution in [0.3, 0.4) is 0 Å². The third-order valence-electron chi connectivity index (χ3n) is 1.89. The zero-order valence-electron chi connectivity index (χ0n) is 8.07. The van der Waals surface area contributed by atoms with E-state index in [1.165, 1.54) is 18.3 Å². The number of H-pyrrole nitrogens is 1. The lowest BCUT2D eigenvalue weighted by Gasteiger charge is -2.04. The maximum atomic E-state index is 13.3. The van der Waals surface area contributed by atoms with Crippen LogP contribution >= 0.6 is 0 Å². The molecule has 0 saturated carbocycles. The molecule has 1 aromatic carbocycles. The fraction of sp³-hybridized carbons (Fsp3) is 0. The van der Waals surface area contributed by atoms with Gasteiger partial charge in [0.1, 0.15) is 5.82 Å². The number of nitrogens with zero attached hydrogens (tertiary/aromatic N) is 2. The molecule has 0 aliphatic rings. The molecule has 0 atom stereocenters. The first kappa shape index (κ1) is 10.1. The van der Waals surface area contributed by atoms with Gasteiger partial charge in [-0.2, -0.15) is 15.4 Å². The van der Waals surface area contributed by atoms with Crippen molar-refractivity contribution < 1.29 is 9.18 Å². The van der Waals surface area contributed by atoms with Crippen molar-refractivity contribution in [1.29, 1.82) is 0 Å². The van der Waals surface area contributed by atoms with Crippen molar-refractivity contribution >= 4 is 17.3 Å². The van der Waals surface area contributed by atoms with E-state index in [1.807, 2.05) is 0 Å². The molecule has 2 rings (SSSR count). The average Bonchev–Trinajstić information content (AvgIpc) is 2.75. The number of amides is 1. The minimum absolute atomic E-state index is 0.0437. The smallest absolute Gasteiger partial charge is 0.277 e. The predicted octanol–water partition coefficient (Wildman–Crippen LogP) is 0.778. The SMILES string of the molecule is Nc1ccc(NC(=O)c2cn[nH]n2)c(F)c1. The van der Waals surface area contributed by atoms with Crippen molar-refractivity contribution in [1.82, 2.24) is 15.4 Å². The number of carbonyl (C=O) groups excluding carboxylic acids is 1. The van der Waals surface area contributed by atoms with Crippen LogP contribution in [0.1, 0.15) is 10.5 Å². The van der Waals surface area contributed by atoms with Gasteiger partial charge < -0.3 is 11.1 Å². The summed E-state index contributed by atoms with van der Waals surface area (Å²) in [4.78, 5) is 11.5. The number of rotatable bonds is 2. The molecule has 7 heteroatoms. The van der Waals surface area contributed by atoms with Crippen LogP contribution < -0.4 is 11.1 Å². The number of carbonyl (C=O) groups is 1. The Kier molecular flexibility index (Phi) is 2.50. The van der Waals surface area contributed by atoms with E-state index >= 15 is 0 Å². The van der Waals surface area contributed by atoms with E-state index < -0.39 is 11.7 Å². The van der Waals surface area contributed by atoms with Gasteiger partial charge in [0.25, 0.3) is 5.91 Å². The highest BCUT2D eigenvalue weighted by Crippen LogP contribution is 2.17. The highest BCUT2D eigenvalue weighted by Gasteiger charge is 2.11. The van der Waals surface area contributed by atoms with Crippen molar-refractivity contribution in [2.24, 2.45) is 0 Å². The van der Waals surface area contributed by atoms with Crippen molar-refractivity contribution in [2.45, 2.75) is 0 Å². The Labute approximate surface area is 89.7 Å². The number of hydrogen-bond donors (Lipinski definition) is 3. The number of nitrogen functional groups attached to an aromatic ring is 1. The normalized spacial score (nSPS) is 10.1. The number of aromatic amines is 1. The number of halogens is 1. The average molecular weight is 221 g/mol. The summed E-state index contributed by atoms with van der Waals surface area (Å²) in [5, 5.41) is 11.7. The number of hydrogen-bond acceptors (Lipinski definition) is 4. The first-order valence-electron chi connectivity index (χ1n) is 4.39. The molecule has 0 fully saturated rings. The van der Waals surface area contributed by atoms with Gasteiger partial charge in [-0.05, 0) is 18.2 Å². The van der Waals surface area contributed by atoms with Gasteiger partial charge in [0.15, 0.2) is 5.69 Å². The van der Waals surface area contributed by atoms with E-state index in [0.717, 1.165) is 6.07 Å². The minimum Gasteiger partial charge on any atom is -0.399 e. The molecule has 6 nitrogen and oxygen atoms in total. The first-order valence-corrected chi connectivity index (χ1v) is 4.39. The van der Waals surface area contributed by atoms with Crippen molar-refractivity contribution in [2.75, 3.05) is 11.1 Å². The Morgan fingerprint density at radius 2 is 2.31 bits per heavy atom. The van der Waals surface area contributed by atoms with Crippen LogP contribution in [0.4, 0.5) is 15.8 Å². The van der Waals surface area contributed by atoms with Gasteiger partial charge in [0.2, 0.25) is 0 Å². The monoisotopic (exact) mass is 221 g/mol. The fourth-order valence-electron chi connectivity index (χ4n) is 1.13. The quantitative estimate of drug-likeness (QED) is 0.653. The van der Waals surface area contributed by atoms with Gasteiger partial charge in [-0.25, -0.2) is 4.39 Å². The van der Waals surface area contributed by atoms with Gasteiger partial charge in [0.05, 0.1) is 11.9 Å². The number of nitrogens with one attached hydrogen (secondary N) is 2. The second-order valence-electron chi connectivity index (χ2n) is 3.05. The van der Waals surface area contributed by atoms with E-state index in [9.17, 15) is 9.18 Å².